The summed E-state index contributed by atoms with van der Waals surface area (Å²) in [5.41, 5.74) is 3.75. The first-order valence-electron chi connectivity index (χ1n) is 13.3. The van der Waals surface area contributed by atoms with Crippen LogP contribution in [0.2, 0.25) is 0 Å². The van der Waals surface area contributed by atoms with E-state index in [1.807, 2.05) is 12.4 Å². The summed E-state index contributed by atoms with van der Waals surface area (Å²) < 4.78 is 0. The van der Waals surface area contributed by atoms with E-state index in [1.165, 1.54) is 81.8 Å². The van der Waals surface area contributed by atoms with E-state index in [9.17, 15) is 0 Å². The fourth-order valence-electron chi connectivity index (χ4n) is 4.92. The maximum absolute atomic E-state index is 4.59. The lowest BCUT2D eigenvalue weighted by molar-refractivity contribution is 0.289. The number of hydrogen-bond acceptors (Lipinski definition) is 2. The van der Waals surface area contributed by atoms with E-state index in [4.69, 9.17) is 0 Å². The number of unbranched alkanes of at least 4 members (excludes halogenated alkanes) is 4. The summed E-state index contributed by atoms with van der Waals surface area (Å²) in [6.07, 6.45) is 27.4. The van der Waals surface area contributed by atoms with E-state index in [0.29, 0.717) is 0 Å². The molecule has 1 fully saturated rings. The minimum atomic E-state index is 0.821. The molecule has 0 saturated heterocycles. The van der Waals surface area contributed by atoms with Crippen molar-refractivity contribution in [1.82, 2.24) is 9.97 Å². The highest BCUT2D eigenvalue weighted by Gasteiger charge is 2.18. The van der Waals surface area contributed by atoms with Crippen LogP contribution in [0.4, 0.5) is 0 Å². The average molecular weight is 433 g/mol. The molecule has 3 rings (SSSR count). The highest BCUT2D eigenvalue weighted by atomic mass is 14.9. The van der Waals surface area contributed by atoms with Crippen molar-refractivity contribution in [3.05, 3.63) is 59.9 Å². The minimum Gasteiger partial charge on any atom is -0.236 e. The van der Waals surface area contributed by atoms with Gasteiger partial charge in [0, 0.05) is 18.0 Å². The van der Waals surface area contributed by atoms with E-state index in [0.717, 1.165) is 42.5 Å². The van der Waals surface area contributed by atoms with Crippen LogP contribution in [0.15, 0.2) is 48.8 Å². The summed E-state index contributed by atoms with van der Waals surface area (Å²) in [5.74, 6) is 2.66. The Morgan fingerprint density at radius 2 is 1.47 bits per heavy atom. The standard InChI is InChI=1S/C30H44N2/c1-3-5-7-11-25-15-17-26(18-16-25)12-9-10-13-27-19-21-29(22-20-27)30-31-23-28(24-32-30)14-8-6-4-2/h9,12,19-26H,3-8,10-11,13-18H2,1-2H3. The number of benzene rings is 1. The van der Waals surface area contributed by atoms with Gasteiger partial charge in [0.05, 0.1) is 0 Å². The van der Waals surface area contributed by atoms with Crippen molar-refractivity contribution >= 4 is 0 Å². The van der Waals surface area contributed by atoms with Crippen molar-refractivity contribution in [2.45, 2.75) is 104 Å². The van der Waals surface area contributed by atoms with Gasteiger partial charge in [-0.05, 0) is 74.3 Å². The molecular formula is C30H44N2. The second-order valence-electron chi connectivity index (χ2n) is 9.81. The molecule has 0 atom stereocenters. The molecule has 0 N–H and O–H groups in total. The van der Waals surface area contributed by atoms with Crippen LogP contribution in [-0.2, 0) is 12.8 Å². The van der Waals surface area contributed by atoms with Crippen LogP contribution in [0.5, 0.6) is 0 Å². The van der Waals surface area contributed by atoms with Crippen LogP contribution in [0, 0.1) is 11.8 Å². The normalized spacial score (nSPS) is 18.9. The second-order valence-corrected chi connectivity index (χ2v) is 9.81. The number of aromatic nitrogens is 2. The predicted octanol–water partition coefficient (Wildman–Crippen LogP) is 8.75. The summed E-state index contributed by atoms with van der Waals surface area (Å²) in [5, 5.41) is 0. The molecule has 2 nitrogen and oxygen atoms in total. The third-order valence-corrected chi connectivity index (χ3v) is 7.10. The molecule has 0 bridgehead atoms. The molecular weight excluding hydrogens is 388 g/mol. The Morgan fingerprint density at radius 3 is 2.16 bits per heavy atom. The first-order valence-corrected chi connectivity index (χ1v) is 13.3. The first kappa shape index (κ1) is 24.7. The maximum Gasteiger partial charge on any atom is 0.159 e. The third-order valence-electron chi connectivity index (χ3n) is 7.10. The Labute approximate surface area is 197 Å². The maximum atomic E-state index is 4.59. The van der Waals surface area contributed by atoms with Crippen LogP contribution >= 0.6 is 0 Å². The van der Waals surface area contributed by atoms with Gasteiger partial charge in [-0.2, -0.15) is 0 Å². The Kier molecular flexibility index (Phi) is 11.0. The van der Waals surface area contributed by atoms with Crippen LogP contribution in [0.25, 0.3) is 11.4 Å². The molecule has 0 spiro atoms. The number of rotatable bonds is 13. The zero-order valence-corrected chi connectivity index (χ0v) is 20.6. The quantitative estimate of drug-likeness (QED) is 0.233. The molecule has 1 saturated carbocycles. The lowest BCUT2D eigenvalue weighted by Crippen LogP contribution is -2.13. The van der Waals surface area contributed by atoms with Gasteiger partial charge >= 0.3 is 0 Å². The molecule has 0 amide bonds. The van der Waals surface area contributed by atoms with E-state index >= 15 is 0 Å². The second kappa shape index (κ2) is 14.2. The lowest BCUT2D eigenvalue weighted by Gasteiger charge is -2.26. The van der Waals surface area contributed by atoms with E-state index < -0.39 is 0 Å². The zero-order valence-electron chi connectivity index (χ0n) is 20.6. The Bertz CT molecular complexity index is 767. The molecule has 2 aromatic rings. The van der Waals surface area contributed by atoms with Crippen molar-refractivity contribution in [2.75, 3.05) is 0 Å². The topological polar surface area (TPSA) is 25.8 Å². The first-order chi connectivity index (χ1) is 15.8. The average Bonchev–Trinajstić information content (AvgIpc) is 2.84. The van der Waals surface area contributed by atoms with Crippen LogP contribution in [0.3, 0.4) is 0 Å². The minimum absolute atomic E-state index is 0.821. The molecule has 1 aromatic carbocycles. The number of hydrogen-bond donors (Lipinski definition) is 0. The molecule has 0 radical (unpaired) electrons. The van der Waals surface area contributed by atoms with Gasteiger partial charge in [0.15, 0.2) is 5.82 Å². The molecule has 1 heterocycles. The van der Waals surface area contributed by atoms with Crippen LogP contribution in [0.1, 0.15) is 102 Å². The summed E-state index contributed by atoms with van der Waals surface area (Å²) in [4.78, 5) is 9.18. The highest BCUT2D eigenvalue weighted by molar-refractivity contribution is 5.55. The summed E-state index contributed by atoms with van der Waals surface area (Å²) in [7, 11) is 0. The van der Waals surface area contributed by atoms with E-state index in [-0.39, 0.29) is 0 Å². The molecule has 1 aromatic heterocycles. The summed E-state index contributed by atoms with van der Waals surface area (Å²) in [6.45, 7) is 4.54. The highest BCUT2D eigenvalue weighted by Crippen LogP contribution is 2.32. The molecule has 174 valence electrons. The molecule has 32 heavy (non-hydrogen) atoms. The largest absolute Gasteiger partial charge is 0.236 e. The lowest BCUT2D eigenvalue weighted by atomic mass is 9.79. The number of aryl methyl sites for hydroxylation is 2. The SMILES string of the molecule is CCCCCc1cnc(-c2ccc(CCC=CC3CCC(CCCCC)CC3)cc2)nc1. The van der Waals surface area contributed by atoms with E-state index in [1.54, 1.807) is 0 Å². The molecule has 1 aliphatic carbocycles. The summed E-state index contributed by atoms with van der Waals surface area (Å²) in [6, 6.07) is 8.82. The molecule has 0 aliphatic heterocycles. The fourth-order valence-corrected chi connectivity index (χ4v) is 4.92. The predicted molar refractivity (Wildman–Crippen MR) is 138 cm³/mol. The van der Waals surface area contributed by atoms with Crippen LogP contribution in [-0.4, -0.2) is 9.97 Å². The smallest absolute Gasteiger partial charge is 0.159 e. The molecule has 2 heteroatoms. The molecule has 0 unspecified atom stereocenters. The van der Waals surface area contributed by atoms with Gasteiger partial charge in [-0.25, -0.2) is 9.97 Å². The van der Waals surface area contributed by atoms with Gasteiger partial charge in [0.1, 0.15) is 0 Å². The fraction of sp³-hybridized carbons (Fsp3) is 0.600. The monoisotopic (exact) mass is 432 g/mol. The van der Waals surface area contributed by atoms with Crippen molar-refractivity contribution in [3.8, 4) is 11.4 Å². The van der Waals surface area contributed by atoms with Crippen LogP contribution < -0.4 is 0 Å². The zero-order chi connectivity index (χ0) is 22.4. The van der Waals surface area contributed by atoms with E-state index in [2.05, 4.69) is 60.2 Å². The molecule has 1 aliphatic rings. The number of nitrogens with zero attached hydrogens (tertiary/aromatic N) is 2. The Balaban J connectivity index is 1.37. The third kappa shape index (κ3) is 8.52. The summed E-state index contributed by atoms with van der Waals surface area (Å²) >= 11 is 0. The van der Waals surface area contributed by atoms with Gasteiger partial charge in [-0.1, -0.05) is 88.8 Å². The Hall–Kier alpha value is -1.96. The van der Waals surface area contributed by atoms with Crippen molar-refractivity contribution in [1.29, 1.82) is 0 Å². The number of allylic oxidation sites excluding steroid dienone is 2. The van der Waals surface area contributed by atoms with Crippen molar-refractivity contribution < 1.29 is 0 Å². The van der Waals surface area contributed by atoms with Gasteiger partial charge in [-0.3, -0.25) is 0 Å². The van der Waals surface area contributed by atoms with Gasteiger partial charge in [0.25, 0.3) is 0 Å². The van der Waals surface area contributed by atoms with Crippen molar-refractivity contribution in [3.63, 3.8) is 0 Å². The Morgan fingerprint density at radius 1 is 0.781 bits per heavy atom. The van der Waals surface area contributed by atoms with Gasteiger partial charge in [0.2, 0.25) is 0 Å². The van der Waals surface area contributed by atoms with Crippen molar-refractivity contribution in [2.24, 2.45) is 11.8 Å². The van der Waals surface area contributed by atoms with Gasteiger partial charge in [-0.15, -0.1) is 0 Å². The van der Waals surface area contributed by atoms with Gasteiger partial charge < -0.3 is 0 Å².